The van der Waals surface area contributed by atoms with Crippen LogP contribution in [0.5, 0.6) is 6.01 Å². The summed E-state index contributed by atoms with van der Waals surface area (Å²) in [4.78, 5) is 14.1. The van der Waals surface area contributed by atoms with Crippen molar-refractivity contribution >= 4 is 12.0 Å². The van der Waals surface area contributed by atoms with Gasteiger partial charge in [0.15, 0.2) is 0 Å². The van der Waals surface area contributed by atoms with Gasteiger partial charge in [-0.1, -0.05) is 34.1 Å². The van der Waals surface area contributed by atoms with Gasteiger partial charge in [0.2, 0.25) is 5.88 Å². The standard InChI is InChI=1S/C25H42N6O2/c1-6-11-31(12-7-2)22-17-21(19-26-29-23-18-25(4,5)20(3)33-23)27-24(28-22)32-16-15-30-13-9-8-10-14-30/h17-20,29H,6-16H2,1-5H3/b26-19+. The first-order valence-electron chi connectivity index (χ1n) is 12.6. The highest BCUT2D eigenvalue weighted by atomic mass is 16.5. The second-order valence-corrected chi connectivity index (χ2v) is 9.63. The Hall–Kier alpha value is -2.35. The molecule has 0 saturated carbocycles. The van der Waals surface area contributed by atoms with Gasteiger partial charge in [-0.05, 0) is 51.8 Å². The summed E-state index contributed by atoms with van der Waals surface area (Å²) in [6.45, 7) is 16.4. The predicted molar refractivity (Wildman–Crippen MR) is 134 cm³/mol. The van der Waals surface area contributed by atoms with Crippen LogP contribution in [0.25, 0.3) is 0 Å². The van der Waals surface area contributed by atoms with E-state index in [1.165, 1.54) is 19.3 Å². The Bertz CT molecular complexity index is 798. The summed E-state index contributed by atoms with van der Waals surface area (Å²) >= 11 is 0. The number of rotatable bonds is 12. The largest absolute Gasteiger partial charge is 0.474 e. The minimum Gasteiger partial charge on any atom is -0.474 e. The molecule has 1 aromatic heterocycles. The molecule has 3 rings (SSSR count). The van der Waals surface area contributed by atoms with Crippen molar-refractivity contribution in [3.8, 4) is 6.01 Å². The van der Waals surface area contributed by atoms with E-state index in [1.54, 1.807) is 6.21 Å². The lowest BCUT2D eigenvalue weighted by molar-refractivity contribution is 0.0850. The molecule has 184 valence electrons. The fourth-order valence-electron chi connectivity index (χ4n) is 4.10. The molecule has 1 saturated heterocycles. The van der Waals surface area contributed by atoms with Crippen LogP contribution in [0.2, 0.25) is 0 Å². The van der Waals surface area contributed by atoms with Crippen molar-refractivity contribution in [2.24, 2.45) is 10.5 Å². The minimum atomic E-state index is -0.0177. The summed E-state index contributed by atoms with van der Waals surface area (Å²) in [6, 6.07) is 2.39. The van der Waals surface area contributed by atoms with Crippen LogP contribution in [0, 0.1) is 5.41 Å². The zero-order chi connectivity index (χ0) is 23.7. The van der Waals surface area contributed by atoms with Crippen LogP contribution in [0.3, 0.4) is 0 Å². The molecular weight excluding hydrogens is 416 g/mol. The van der Waals surface area contributed by atoms with Crippen LogP contribution in [0.4, 0.5) is 5.82 Å². The first-order valence-corrected chi connectivity index (χ1v) is 12.6. The first kappa shape index (κ1) is 25.3. The van der Waals surface area contributed by atoms with Crippen LogP contribution in [0.15, 0.2) is 23.1 Å². The van der Waals surface area contributed by atoms with Crippen LogP contribution in [-0.2, 0) is 4.74 Å². The molecule has 2 aliphatic heterocycles. The molecular formula is C25H42N6O2. The highest BCUT2D eigenvalue weighted by Gasteiger charge is 2.32. The van der Waals surface area contributed by atoms with Gasteiger partial charge in [0.05, 0.1) is 11.9 Å². The molecule has 3 heterocycles. The second kappa shape index (κ2) is 12.2. The zero-order valence-electron chi connectivity index (χ0n) is 21.1. The third kappa shape index (κ3) is 7.59. The van der Waals surface area contributed by atoms with Gasteiger partial charge in [-0.15, -0.1) is 0 Å². The molecule has 33 heavy (non-hydrogen) atoms. The number of anilines is 1. The minimum absolute atomic E-state index is 0.0177. The molecule has 1 N–H and O–H groups in total. The number of aromatic nitrogens is 2. The number of hydrogen-bond acceptors (Lipinski definition) is 8. The molecule has 1 fully saturated rings. The summed E-state index contributed by atoms with van der Waals surface area (Å²) in [5.74, 6) is 1.56. The molecule has 2 aliphatic rings. The molecule has 1 atom stereocenters. The summed E-state index contributed by atoms with van der Waals surface area (Å²) in [7, 11) is 0. The predicted octanol–water partition coefficient (Wildman–Crippen LogP) is 4.18. The van der Waals surface area contributed by atoms with Crippen molar-refractivity contribution < 1.29 is 9.47 Å². The van der Waals surface area contributed by atoms with Crippen molar-refractivity contribution in [2.75, 3.05) is 44.2 Å². The fraction of sp³-hybridized carbons (Fsp3) is 0.720. The van der Waals surface area contributed by atoms with E-state index in [2.05, 4.69) is 66.0 Å². The average Bonchev–Trinajstić information content (AvgIpc) is 3.05. The van der Waals surface area contributed by atoms with E-state index in [-0.39, 0.29) is 11.5 Å². The van der Waals surface area contributed by atoms with Crippen LogP contribution in [0.1, 0.15) is 72.4 Å². The molecule has 1 unspecified atom stereocenters. The lowest BCUT2D eigenvalue weighted by Gasteiger charge is -2.26. The number of likely N-dealkylation sites (tertiary alicyclic amines) is 1. The smallest absolute Gasteiger partial charge is 0.319 e. The highest BCUT2D eigenvalue weighted by molar-refractivity contribution is 5.78. The Morgan fingerprint density at radius 3 is 2.58 bits per heavy atom. The van der Waals surface area contributed by atoms with Gasteiger partial charge >= 0.3 is 6.01 Å². The molecule has 0 amide bonds. The Morgan fingerprint density at radius 2 is 1.94 bits per heavy atom. The van der Waals surface area contributed by atoms with E-state index >= 15 is 0 Å². The van der Waals surface area contributed by atoms with Gasteiger partial charge in [0, 0.05) is 31.1 Å². The van der Waals surface area contributed by atoms with Gasteiger partial charge in [0.25, 0.3) is 0 Å². The number of hydrogen-bond donors (Lipinski definition) is 1. The maximum atomic E-state index is 6.01. The Balaban J connectivity index is 1.70. The Morgan fingerprint density at radius 1 is 1.21 bits per heavy atom. The summed E-state index contributed by atoms with van der Waals surface area (Å²) < 4.78 is 11.8. The highest BCUT2D eigenvalue weighted by Crippen LogP contribution is 2.33. The molecule has 0 radical (unpaired) electrons. The fourth-order valence-corrected chi connectivity index (χ4v) is 4.10. The molecule has 0 aliphatic carbocycles. The maximum Gasteiger partial charge on any atom is 0.319 e. The topological polar surface area (TPSA) is 75.1 Å². The molecule has 8 heteroatoms. The Labute approximate surface area is 199 Å². The van der Waals surface area contributed by atoms with Crippen molar-refractivity contribution in [1.29, 1.82) is 0 Å². The molecule has 8 nitrogen and oxygen atoms in total. The number of nitrogens with one attached hydrogen (secondary N) is 1. The van der Waals surface area contributed by atoms with E-state index in [1.807, 2.05) is 6.07 Å². The van der Waals surface area contributed by atoms with Gasteiger partial charge in [-0.3, -0.25) is 4.90 Å². The van der Waals surface area contributed by atoms with Crippen molar-refractivity contribution in [3.05, 3.63) is 23.7 Å². The quantitative estimate of drug-likeness (QED) is 0.372. The van der Waals surface area contributed by atoms with Gasteiger partial charge in [-0.25, -0.2) is 5.43 Å². The summed E-state index contributed by atoms with van der Waals surface area (Å²) in [6.07, 6.45) is 9.88. The third-order valence-corrected chi connectivity index (χ3v) is 6.34. The van der Waals surface area contributed by atoms with Crippen molar-refractivity contribution in [1.82, 2.24) is 20.3 Å². The lowest BCUT2D eigenvalue weighted by Crippen LogP contribution is -2.33. The zero-order valence-corrected chi connectivity index (χ0v) is 21.1. The summed E-state index contributed by atoms with van der Waals surface area (Å²) in [5, 5.41) is 4.37. The van der Waals surface area contributed by atoms with Crippen molar-refractivity contribution in [3.63, 3.8) is 0 Å². The van der Waals surface area contributed by atoms with E-state index in [0.29, 0.717) is 24.2 Å². The van der Waals surface area contributed by atoms with Gasteiger partial charge < -0.3 is 14.4 Å². The SMILES string of the molecule is CCCN(CCC)c1cc(/C=N/NC2=CC(C)(C)C(C)O2)nc(OCCN2CCCCC2)n1. The maximum absolute atomic E-state index is 6.01. The number of ether oxygens (including phenoxy) is 2. The molecule has 1 aromatic rings. The third-order valence-electron chi connectivity index (χ3n) is 6.34. The van der Waals surface area contributed by atoms with Gasteiger partial charge in [-0.2, -0.15) is 15.1 Å². The summed E-state index contributed by atoms with van der Waals surface area (Å²) in [5.41, 5.74) is 3.70. The molecule has 0 aromatic carbocycles. The second-order valence-electron chi connectivity index (χ2n) is 9.63. The van der Waals surface area contributed by atoms with Crippen LogP contribution < -0.4 is 15.1 Å². The van der Waals surface area contributed by atoms with Crippen LogP contribution >= 0.6 is 0 Å². The monoisotopic (exact) mass is 458 g/mol. The average molecular weight is 459 g/mol. The van der Waals surface area contributed by atoms with Crippen molar-refractivity contribution in [2.45, 2.75) is 72.8 Å². The first-order chi connectivity index (χ1) is 15.9. The van der Waals surface area contributed by atoms with E-state index in [9.17, 15) is 0 Å². The van der Waals surface area contributed by atoms with Gasteiger partial charge in [0.1, 0.15) is 18.5 Å². The van der Waals surface area contributed by atoms with E-state index < -0.39 is 0 Å². The van der Waals surface area contributed by atoms with E-state index in [4.69, 9.17) is 14.5 Å². The van der Waals surface area contributed by atoms with Crippen LogP contribution in [-0.4, -0.2) is 66.5 Å². The van der Waals surface area contributed by atoms with E-state index in [0.717, 1.165) is 51.4 Å². The normalized spacial score (nSPS) is 20.5. The number of hydrazone groups is 1. The Kier molecular flexibility index (Phi) is 9.35. The molecule has 0 spiro atoms. The molecule has 0 bridgehead atoms. The number of nitrogens with zero attached hydrogens (tertiary/aromatic N) is 5. The number of piperidine rings is 1. The lowest BCUT2D eigenvalue weighted by atomic mass is 9.89.